The summed E-state index contributed by atoms with van der Waals surface area (Å²) in [5.74, 6) is 1.31. The van der Waals surface area contributed by atoms with Gasteiger partial charge in [0, 0.05) is 38.3 Å². The van der Waals surface area contributed by atoms with E-state index in [0.29, 0.717) is 38.6 Å². The predicted octanol–water partition coefficient (Wildman–Crippen LogP) is 4.05. The molecule has 0 aromatic heterocycles. The highest BCUT2D eigenvalue weighted by Gasteiger charge is 2.42. The van der Waals surface area contributed by atoms with Crippen molar-refractivity contribution in [3.8, 4) is 5.75 Å². The Hall–Kier alpha value is -1.79. The summed E-state index contributed by atoms with van der Waals surface area (Å²) in [6, 6.07) is 7.48. The van der Waals surface area contributed by atoms with E-state index in [1.54, 1.807) is 12.0 Å². The summed E-state index contributed by atoms with van der Waals surface area (Å²) in [6.45, 7) is 2.52. The molecule has 1 saturated heterocycles. The maximum Gasteiger partial charge on any atom is 0.314 e. The van der Waals surface area contributed by atoms with Crippen molar-refractivity contribution in [1.29, 1.82) is 0 Å². The molecule has 2 atom stereocenters. The van der Waals surface area contributed by atoms with Gasteiger partial charge in [-0.1, -0.05) is 31.0 Å². The van der Waals surface area contributed by atoms with E-state index in [4.69, 9.17) is 15.2 Å². The van der Waals surface area contributed by atoms with E-state index in [1.165, 1.54) is 25.7 Å². The van der Waals surface area contributed by atoms with Crippen molar-refractivity contribution in [1.82, 2.24) is 4.90 Å². The van der Waals surface area contributed by atoms with E-state index in [9.17, 15) is 9.90 Å². The summed E-state index contributed by atoms with van der Waals surface area (Å²) in [7, 11) is 1.70. The Morgan fingerprint density at radius 3 is 2.70 bits per heavy atom. The maximum atomic E-state index is 12.1. The van der Waals surface area contributed by atoms with E-state index in [-0.39, 0.29) is 5.92 Å². The van der Waals surface area contributed by atoms with Crippen LogP contribution in [0, 0.1) is 11.8 Å². The molecule has 1 heterocycles. The number of carbonyl (C=O) groups is 1. The Morgan fingerprint density at radius 2 is 1.97 bits per heavy atom. The van der Waals surface area contributed by atoms with Crippen LogP contribution in [0.25, 0.3) is 0 Å². The molecule has 0 bridgehead atoms. The molecule has 0 unspecified atom stereocenters. The minimum atomic E-state index is -1.06. The molecule has 168 valence electrons. The van der Waals surface area contributed by atoms with Crippen LogP contribution in [-0.4, -0.2) is 49.5 Å². The normalized spacial score (nSPS) is 22.1. The van der Waals surface area contributed by atoms with E-state index in [1.807, 2.05) is 24.3 Å². The lowest BCUT2D eigenvalue weighted by Gasteiger charge is -2.43. The number of urea groups is 1. The molecule has 1 aliphatic carbocycles. The third-order valence-electron chi connectivity index (χ3n) is 6.87. The van der Waals surface area contributed by atoms with Crippen LogP contribution in [0.1, 0.15) is 63.4 Å². The lowest BCUT2D eigenvalue weighted by Crippen LogP contribution is -2.49. The molecule has 3 rings (SSSR count). The van der Waals surface area contributed by atoms with Gasteiger partial charge in [0.05, 0.1) is 12.2 Å². The number of benzene rings is 1. The van der Waals surface area contributed by atoms with Gasteiger partial charge in [0.15, 0.2) is 0 Å². The molecule has 6 nitrogen and oxygen atoms in total. The summed E-state index contributed by atoms with van der Waals surface area (Å²) in [6.07, 6.45) is 9.05. The number of likely N-dealkylation sites (tertiary alicyclic amines) is 1. The lowest BCUT2D eigenvalue weighted by atomic mass is 9.73. The summed E-state index contributed by atoms with van der Waals surface area (Å²) in [5.41, 5.74) is 5.35. The first-order chi connectivity index (χ1) is 14.5. The molecule has 1 aromatic rings. The Labute approximate surface area is 180 Å². The minimum absolute atomic E-state index is 0.0717. The molecule has 3 N–H and O–H groups in total. The number of hydrogen-bond acceptors (Lipinski definition) is 4. The minimum Gasteiger partial charge on any atom is -0.493 e. The molecule has 0 radical (unpaired) electrons. The number of ether oxygens (including phenoxy) is 2. The van der Waals surface area contributed by atoms with Crippen LogP contribution in [0.2, 0.25) is 0 Å². The monoisotopic (exact) mass is 418 g/mol. The van der Waals surface area contributed by atoms with E-state index < -0.39 is 11.6 Å². The van der Waals surface area contributed by atoms with Crippen molar-refractivity contribution >= 4 is 6.03 Å². The van der Waals surface area contributed by atoms with Crippen molar-refractivity contribution < 1.29 is 19.4 Å². The molecule has 2 aliphatic rings. The molecule has 1 aliphatic heterocycles. The van der Waals surface area contributed by atoms with Crippen LogP contribution in [0.4, 0.5) is 4.79 Å². The van der Waals surface area contributed by atoms with Crippen LogP contribution in [0.5, 0.6) is 5.75 Å². The van der Waals surface area contributed by atoms with Crippen LogP contribution < -0.4 is 10.5 Å². The van der Waals surface area contributed by atoms with Crippen LogP contribution in [0.15, 0.2) is 24.3 Å². The Kier molecular flexibility index (Phi) is 8.40. The fourth-order valence-corrected chi connectivity index (χ4v) is 5.10. The van der Waals surface area contributed by atoms with Crippen molar-refractivity contribution in [2.24, 2.45) is 17.6 Å². The topological polar surface area (TPSA) is 85.0 Å². The molecular weight excluding hydrogens is 380 g/mol. The molecule has 0 spiro atoms. The van der Waals surface area contributed by atoms with E-state index in [0.717, 1.165) is 37.0 Å². The van der Waals surface area contributed by atoms with Gasteiger partial charge in [0.2, 0.25) is 0 Å². The Bertz CT molecular complexity index is 677. The number of unbranched alkanes of at least 4 members (excludes halogenated alkanes) is 1. The zero-order valence-electron chi connectivity index (χ0n) is 18.4. The SMILES string of the molecule is COCCCC[C@@](O)(c1ccccc1OCC1CCCC1)[C@@H]1CCCN(C(N)=O)C1. The van der Waals surface area contributed by atoms with Gasteiger partial charge in [0.25, 0.3) is 0 Å². The van der Waals surface area contributed by atoms with Gasteiger partial charge in [-0.25, -0.2) is 4.79 Å². The highest BCUT2D eigenvalue weighted by atomic mass is 16.5. The number of primary amides is 1. The first-order valence-corrected chi connectivity index (χ1v) is 11.5. The highest BCUT2D eigenvalue weighted by molar-refractivity contribution is 5.72. The van der Waals surface area contributed by atoms with Gasteiger partial charge < -0.3 is 25.2 Å². The zero-order valence-corrected chi connectivity index (χ0v) is 18.4. The van der Waals surface area contributed by atoms with Gasteiger partial charge in [-0.15, -0.1) is 0 Å². The average Bonchev–Trinajstić information content (AvgIpc) is 3.29. The fraction of sp³-hybridized carbons (Fsp3) is 0.708. The van der Waals surface area contributed by atoms with Crippen LogP contribution >= 0.6 is 0 Å². The van der Waals surface area contributed by atoms with Crippen molar-refractivity contribution in [3.63, 3.8) is 0 Å². The first kappa shape index (κ1) is 22.9. The summed E-state index contributed by atoms with van der Waals surface area (Å²) in [5, 5.41) is 12.1. The predicted molar refractivity (Wildman–Crippen MR) is 117 cm³/mol. The Morgan fingerprint density at radius 1 is 1.20 bits per heavy atom. The number of rotatable bonds is 10. The average molecular weight is 419 g/mol. The number of aliphatic hydroxyl groups is 1. The molecule has 1 aromatic carbocycles. The molecule has 2 amide bonds. The highest BCUT2D eigenvalue weighted by Crippen LogP contribution is 2.43. The number of piperidine rings is 1. The second-order valence-corrected chi connectivity index (χ2v) is 8.96. The third-order valence-corrected chi connectivity index (χ3v) is 6.87. The number of para-hydroxylation sites is 1. The second kappa shape index (κ2) is 11.0. The first-order valence-electron chi connectivity index (χ1n) is 11.5. The summed E-state index contributed by atoms with van der Waals surface area (Å²) >= 11 is 0. The molecule has 30 heavy (non-hydrogen) atoms. The summed E-state index contributed by atoms with van der Waals surface area (Å²) < 4.78 is 11.5. The number of carbonyl (C=O) groups excluding carboxylic acids is 1. The van der Waals surface area contributed by atoms with Crippen molar-refractivity contribution in [2.75, 3.05) is 33.4 Å². The molecule has 6 heteroatoms. The van der Waals surface area contributed by atoms with Crippen LogP contribution in [-0.2, 0) is 10.3 Å². The van der Waals surface area contributed by atoms with Gasteiger partial charge in [-0.05, 0) is 56.9 Å². The van der Waals surface area contributed by atoms with Crippen LogP contribution in [0.3, 0.4) is 0 Å². The number of nitrogens with two attached hydrogens (primary N) is 1. The number of amides is 2. The number of nitrogens with zero attached hydrogens (tertiary/aromatic N) is 1. The molecule has 1 saturated carbocycles. The quantitative estimate of drug-likeness (QED) is 0.561. The third kappa shape index (κ3) is 5.67. The van der Waals surface area contributed by atoms with Gasteiger partial charge in [0.1, 0.15) is 5.75 Å². The fourth-order valence-electron chi connectivity index (χ4n) is 5.10. The lowest BCUT2D eigenvalue weighted by molar-refractivity contribution is -0.0577. The van der Waals surface area contributed by atoms with E-state index in [2.05, 4.69) is 0 Å². The Balaban J connectivity index is 1.82. The second-order valence-electron chi connectivity index (χ2n) is 8.96. The van der Waals surface area contributed by atoms with Gasteiger partial charge in [-0.3, -0.25) is 0 Å². The smallest absolute Gasteiger partial charge is 0.314 e. The van der Waals surface area contributed by atoms with Crippen molar-refractivity contribution in [2.45, 2.75) is 63.4 Å². The maximum absolute atomic E-state index is 12.1. The largest absolute Gasteiger partial charge is 0.493 e. The standard InChI is InChI=1S/C24H38N2O4/c1-29-16-7-6-14-24(28,20-11-8-15-26(17-20)23(25)27)21-12-4-5-13-22(21)30-18-19-9-2-3-10-19/h4-5,12-13,19-20,28H,2-3,6-11,14-18H2,1H3,(H2,25,27)/t20-,24+/m1/s1. The molecular formula is C24H38N2O4. The molecule has 2 fully saturated rings. The number of hydrogen-bond donors (Lipinski definition) is 2. The number of methoxy groups -OCH3 is 1. The van der Waals surface area contributed by atoms with E-state index >= 15 is 0 Å². The summed E-state index contributed by atoms with van der Waals surface area (Å²) in [4.78, 5) is 13.5. The van der Waals surface area contributed by atoms with Gasteiger partial charge in [-0.2, -0.15) is 0 Å². The van der Waals surface area contributed by atoms with Crippen molar-refractivity contribution in [3.05, 3.63) is 29.8 Å². The van der Waals surface area contributed by atoms with Gasteiger partial charge >= 0.3 is 6.03 Å². The zero-order chi connectivity index (χ0) is 21.4.